The van der Waals surface area contributed by atoms with E-state index in [-0.39, 0.29) is 29.4 Å². The van der Waals surface area contributed by atoms with E-state index in [9.17, 15) is 0 Å². The fourth-order valence-electron chi connectivity index (χ4n) is 2.28. The van der Waals surface area contributed by atoms with Crippen LogP contribution in [0, 0.1) is 5.41 Å². The monoisotopic (exact) mass is 433 g/mol. The number of hydrogen-bond donors (Lipinski definition) is 2. The molecule has 0 aromatic heterocycles. The van der Waals surface area contributed by atoms with Gasteiger partial charge in [-0.25, -0.2) is 0 Å². The van der Waals surface area contributed by atoms with Crippen molar-refractivity contribution in [1.29, 1.82) is 0 Å². The third-order valence-corrected chi connectivity index (χ3v) is 3.45. The van der Waals surface area contributed by atoms with Crippen molar-refractivity contribution in [2.24, 2.45) is 10.4 Å². The van der Waals surface area contributed by atoms with Crippen LogP contribution in [-0.2, 0) is 11.2 Å². The molecule has 0 saturated heterocycles. The Morgan fingerprint density at radius 1 is 1.17 bits per heavy atom. The molecule has 1 aromatic carbocycles. The van der Waals surface area contributed by atoms with Gasteiger partial charge in [0.2, 0.25) is 0 Å². The summed E-state index contributed by atoms with van der Waals surface area (Å²) in [4.78, 5) is 4.27. The van der Waals surface area contributed by atoms with Crippen LogP contribution in [0.1, 0.15) is 32.8 Å². The SMILES string of the molecule is CCOCCCNC(=NC)NCC(C)(C)Cc1ccccc1.I. The van der Waals surface area contributed by atoms with Gasteiger partial charge in [0.25, 0.3) is 0 Å². The highest BCUT2D eigenvalue weighted by Gasteiger charge is 2.18. The Balaban J connectivity index is 0.00000484. The fourth-order valence-corrected chi connectivity index (χ4v) is 2.28. The first-order chi connectivity index (χ1) is 10.6. The van der Waals surface area contributed by atoms with E-state index in [1.807, 2.05) is 14.0 Å². The summed E-state index contributed by atoms with van der Waals surface area (Å²) < 4.78 is 5.33. The predicted octanol–water partition coefficient (Wildman–Crippen LogP) is 3.46. The Morgan fingerprint density at radius 2 is 1.87 bits per heavy atom. The molecular weight excluding hydrogens is 401 g/mol. The van der Waals surface area contributed by atoms with Crippen molar-refractivity contribution in [1.82, 2.24) is 10.6 Å². The van der Waals surface area contributed by atoms with Crippen LogP contribution >= 0.6 is 24.0 Å². The van der Waals surface area contributed by atoms with Crippen LogP contribution in [0.15, 0.2) is 35.3 Å². The molecule has 0 heterocycles. The molecule has 132 valence electrons. The van der Waals surface area contributed by atoms with Gasteiger partial charge in [0.05, 0.1) is 0 Å². The molecule has 4 nitrogen and oxygen atoms in total. The van der Waals surface area contributed by atoms with Crippen LogP contribution in [0.2, 0.25) is 0 Å². The predicted molar refractivity (Wildman–Crippen MR) is 110 cm³/mol. The molecule has 2 N–H and O–H groups in total. The minimum absolute atomic E-state index is 0. The first kappa shape index (κ1) is 22.2. The van der Waals surface area contributed by atoms with Crippen molar-refractivity contribution in [3.05, 3.63) is 35.9 Å². The zero-order chi connectivity index (χ0) is 16.3. The number of aliphatic imine (C=N–C) groups is 1. The van der Waals surface area contributed by atoms with E-state index in [2.05, 4.69) is 59.8 Å². The molecular formula is C18H32IN3O. The lowest BCUT2D eigenvalue weighted by atomic mass is 9.86. The van der Waals surface area contributed by atoms with E-state index in [4.69, 9.17) is 4.74 Å². The van der Waals surface area contributed by atoms with E-state index < -0.39 is 0 Å². The normalized spacial score (nSPS) is 11.7. The second kappa shape index (κ2) is 12.6. The number of halogens is 1. The molecule has 0 amide bonds. The number of nitrogens with one attached hydrogen (secondary N) is 2. The molecule has 0 unspecified atom stereocenters. The highest BCUT2D eigenvalue weighted by Crippen LogP contribution is 2.20. The summed E-state index contributed by atoms with van der Waals surface area (Å²) in [5.41, 5.74) is 1.54. The van der Waals surface area contributed by atoms with Crippen molar-refractivity contribution in [3.63, 3.8) is 0 Å². The van der Waals surface area contributed by atoms with Gasteiger partial charge in [0, 0.05) is 33.4 Å². The molecule has 5 heteroatoms. The van der Waals surface area contributed by atoms with Gasteiger partial charge in [0.1, 0.15) is 0 Å². The summed E-state index contributed by atoms with van der Waals surface area (Å²) in [6, 6.07) is 10.6. The van der Waals surface area contributed by atoms with Crippen LogP contribution in [0.25, 0.3) is 0 Å². The van der Waals surface area contributed by atoms with Crippen LogP contribution in [0.5, 0.6) is 0 Å². The summed E-state index contributed by atoms with van der Waals surface area (Å²) >= 11 is 0. The van der Waals surface area contributed by atoms with E-state index in [0.29, 0.717) is 0 Å². The van der Waals surface area contributed by atoms with Gasteiger partial charge in [-0.1, -0.05) is 44.2 Å². The first-order valence-electron chi connectivity index (χ1n) is 8.13. The van der Waals surface area contributed by atoms with E-state index >= 15 is 0 Å². The summed E-state index contributed by atoms with van der Waals surface area (Å²) in [7, 11) is 1.81. The number of nitrogens with zero attached hydrogens (tertiary/aromatic N) is 1. The number of hydrogen-bond acceptors (Lipinski definition) is 2. The summed E-state index contributed by atoms with van der Waals surface area (Å²) in [6.45, 7) is 9.89. The molecule has 0 atom stereocenters. The molecule has 0 radical (unpaired) electrons. The van der Waals surface area contributed by atoms with Crippen molar-refractivity contribution < 1.29 is 4.74 Å². The maximum absolute atomic E-state index is 5.33. The van der Waals surface area contributed by atoms with Crippen molar-refractivity contribution in [3.8, 4) is 0 Å². The first-order valence-corrected chi connectivity index (χ1v) is 8.13. The van der Waals surface area contributed by atoms with Crippen LogP contribution in [-0.4, -0.2) is 39.3 Å². The Bertz CT molecular complexity index is 435. The van der Waals surface area contributed by atoms with Crippen molar-refractivity contribution in [2.75, 3.05) is 33.4 Å². The van der Waals surface area contributed by atoms with Gasteiger partial charge >= 0.3 is 0 Å². The Kier molecular flexibility index (Phi) is 12.1. The van der Waals surface area contributed by atoms with E-state index in [1.165, 1.54) is 5.56 Å². The topological polar surface area (TPSA) is 45.6 Å². The van der Waals surface area contributed by atoms with Gasteiger partial charge in [-0.15, -0.1) is 24.0 Å². The molecule has 1 rings (SSSR count). The van der Waals surface area contributed by atoms with E-state index in [0.717, 1.165) is 45.1 Å². The average molecular weight is 433 g/mol. The summed E-state index contributed by atoms with van der Waals surface area (Å²) in [5, 5.41) is 6.74. The van der Waals surface area contributed by atoms with Crippen LogP contribution in [0.3, 0.4) is 0 Å². The number of ether oxygens (including phenoxy) is 1. The highest BCUT2D eigenvalue weighted by molar-refractivity contribution is 14.0. The standard InChI is InChI=1S/C18H31N3O.HI/c1-5-22-13-9-12-20-17(19-4)21-15-18(2,3)14-16-10-7-6-8-11-16;/h6-8,10-11H,5,9,12-15H2,1-4H3,(H2,19,20,21);1H. The zero-order valence-corrected chi connectivity index (χ0v) is 17.2. The molecule has 1 aromatic rings. The van der Waals surface area contributed by atoms with E-state index in [1.54, 1.807) is 0 Å². The second-order valence-electron chi connectivity index (χ2n) is 6.23. The van der Waals surface area contributed by atoms with Gasteiger partial charge < -0.3 is 15.4 Å². The lowest BCUT2D eigenvalue weighted by Gasteiger charge is -2.26. The van der Waals surface area contributed by atoms with Crippen molar-refractivity contribution >= 4 is 29.9 Å². The van der Waals surface area contributed by atoms with Crippen molar-refractivity contribution in [2.45, 2.75) is 33.6 Å². The van der Waals surface area contributed by atoms with Gasteiger partial charge in [0.15, 0.2) is 5.96 Å². The summed E-state index contributed by atoms with van der Waals surface area (Å²) in [6.07, 6.45) is 2.03. The van der Waals surface area contributed by atoms with Gasteiger partial charge in [-0.05, 0) is 30.7 Å². The molecule has 0 bridgehead atoms. The second-order valence-corrected chi connectivity index (χ2v) is 6.23. The lowest BCUT2D eigenvalue weighted by Crippen LogP contribution is -2.43. The molecule has 0 fully saturated rings. The molecule has 23 heavy (non-hydrogen) atoms. The Labute approximate surface area is 158 Å². The lowest BCUT2D eigenvalue weighted by molar-refractivity contribution is 0.145. The smallest absolute Gasteiger partial charge is 0.190 e. The minimum atomic E-state index is 0. The average Bonchev–Trinajstić information content (AvgIpc) is 2.50. The quantitative estimate of drug-likeness (QED) is 0.271. The van der Waals surface area contributed by atoms with Crippen LogP contribution < -0.4 is 10.6 Å². The maximum atomic E-state index is 5.33. The molecule has 0 aliphatic rings. The third kappa shape index (κ3) is 10.5. The number of rotatable bonds is 9. The summed E-state index contributed by atoms with van der Waals surface area (Å²) in [5.74, 6) is 0.859. The highest BCUT2D eigenvalue weighted by atomic mass is 127. The molecule has 0 spiro atoms. The minimum Gasteiger partial charge on any atom is -0.382 e. The number of benzene rings is 1. The maximum Gasteiger partial charge on any atom is 0.190 e. The number of guanidine groups is 1. The van der Waals surface area contributed by atoms with Gasteiger partial charge in [-0.3, -0.25) is 4.99 Å². The Hall–Kier alpha value is -0.820. The Morgan fingerprint density at radius 3 is 2.48 bits per heavy atom. The third-order valence-electron chi connectivity index (χ3n) is 3.45. The molecule has 0 aliphatic carbocycles. The fraction of sp³-hybridized carbons (Fsp3) is 0.611. The van der Waals surface area contributed by atoms with Crippen LogP contribution in [0.4, 0.5) is 0 Å². The largest absolute Gasteiger partial charge is 0.382 e. The molecule has 0 aliphatic heterocycles. The van der Waals surface area contributed by atoms with Gasteiger partial charge in [-0.2, -0.15) is 0 Å². The molecule has 0 saturated carbocycles. The zero-order valence-electron chi connectivity index (χ0n) is 14.9.